The molecule has 9 heteroatoms. The van der Waals surface area contributed by atoms with Crippen LogP contribution in [0.15, 0.2) is 30.3 Å². The molecule has 6 nitrogen and oxygen atoms in total. The molecule has 0 saturated carbocycles. The SMILES string of the molecule is C[C@H](NC(=O)CN1Cc2cc(F)c(F)cc2NC1=O)c1ccc(C#N)cc1F. The van der Waals surface area contributed by atoms with E-state index in [4.69, 9.17) is 5.26 Å². The average molecular weight is 388 g/mol. The van der Waals surface area contributed by atoms with Gasteiger partial charge in [0.05, 0.1) is 29.9 Å². The zero-order chi connectivity index (χ0) is 20.4. The van der Waals surface area contributed by atoms with Crippen molar-refractivity contribution >= 4 is 17.6 Å². The number of hydrogen-bond donors (Lipinski definition) is 2. The number of urea groups is 1. The summed E-state index contributed by atoms with van der Waals surface area (Å²) < 4.78 is 40.7. The first kappa shape index (κ1) is 19.2. The zero-order valence-corrected chi connectivity index (χ0v) is 14.7. The highest BCUT2D eigenvalue weighted by atomic mass is 19.2. The summed E-state index contributed by atoms with van der Waals surface area (Å²) in [7, 11) is 0. The number of fused-ring (bicyclic) bond motifs is 1. The minimum Gasteiger partial charge on any atom is -0.348 e. The van der Waals surface area contributed by atoms with Gasteiger partial charge in [-0.3, -0.25) is 4.79 Å². The molecule has 28 heavy (non-hydrogen) atoms. The summed E-state index contributed by atoms with van der Waals surface area (Å²) >= 11 is 0. The zero-order valence-electron chi connectivity index (χ0n) is 14.7. The molecule has 2 aromatic rings. The van der Waals surface area contributed by atoms with Crippen LogP contribution in [0.5, 0.6) is 0 Å². The van der Waals surface area contributed by atoms with Gasteiger partial charge in [-0.05, 0) is 30.7 Å². The molecule has 0 bridgehead atoms. The molecule has 0 aromatic heterocycles. The first-order chi connectivity index (χ1) is 13.3. The fourth-order valence-corrected chi connectivity index (χ4v) is 2.92. The maximum Gasteiger partial charge on any atom is 0.322 e. The van der Waals surface area contributed by atoms with E-state index in [1.807, 2.05) is 6.07 Å². The number of nitrogens with one attached hydrogen (secondary N) is 2. The molecule has 0 spiro atoms. The van der Waals surface area contributed by atoms with Gasteiger partial charge in [0, 0.05) is 11.6 Å². The highest BCUT2D eigenvalue weighted by Gasteiger charge is 2.26. The molecule has 1 aliphatic heterocycles. The van der Waals surface area contributed by atoms with Crippen LogP contribution in [-0.2, 0) is 11.3 Å². The summed E-state index contributed by atoms with van der Waals surface area (Å²) in [6.45, 7) is 1.13. The maximum absolute atomic E-state index is 14.1. The molecule has 0 radical (unpaired) electrons. The van der Waals surface area contributed by atoms with E-state index in [1.54, 1.807) is 6.92 Å². The van der Waals surface area contributed by atoms with Gasteiger partial charge in [-0.25, -0.2) is 18.0 Å². The molecule has 0 aliphatic carbocycles. The average Bonchev–Trinajstić information content (AvgIpc) is 2.63. The summed E-state index contributed by atoms with van der Waals surface area (Å²) in [5, 5.41) is 13.7. The van der Waals surface area contributed by atoms with Crippen LogP contribution in [0, 0.1) is 28.8 Å². The minimum atomic E-state index is -1.08. The van der Waals surface area contributed by atoms with Gasteiger partial charge in [0.25, 0.3) is 0 Å². The van der Waals surface area contributed by atoms with Crippen LogP contribution in [0.1, 0.15) is 29.7 Å². The third-order valence-corrected chi connectivity index (χ3v) is 4.34. The normalized spacial score (nSPS) is 14.0. The Labute approximate surface area is 158 Å². The summed E-state index contributed by atoms with van der Waals surface area (Å²) in [5.41, 5.74) is 0.830. The van der Waals surface area contributed by atoms with E-state index in [-0.39, 0.29) is 29.9 Å². The highest BCUT2D eigenvalue weighted by Crippen LogP contribution is 2.26. The lowest BCUT2D eigenvalue weighted by molar-refractivity contribution is -0.122. The molecule has 1 atom stereocenters. The number of benzene rings is 2. The monoisotopic (exact) mass is 388 g/mol. The number of carbonyl (C=O) groups excluding carboxylic acids is 2. The quantitative estimate of drug-likeness (QED) is 0.844. The van der Waals surface area contributed by atoms with E-state index in [9.17, 15) is 22.8 Å². The third-order valence-electron chi connectivity index (χ3n) is 4.34. The molecule has 3 amide bonds. The topological polar surface area (TPSA) is 85.2 Å². The Kier molecular flexibility index (Phi) is 5.22. The van der Waals surface area contributed by atoms with Crippen molar-refractivity contribution < 1.29 is 22.8 Å². The molecule has 0 unspecified atom stereocenters. The van der Waals surface area contributed by atoms with Gasteiger partial charge in [0.15, 0.2) is 11.6 Å². The highest BCUT2D eigenvalue weighted by molar-refractivity contribution is 5.94. The lowest BCUT2D eigenvalue weighted by atomic mass is 10.1. The molecule has 3 rings (SSSR count). The second-order valence-corrected chi connectivity index (χ2v) is 6.35. The molecular weight excluding hydrogens is 373 g/mol. The van der Waals surface area contributed by atoms with Gasteiger partial charge in [0.1, 0.15) is 12.4 Å². The summed E-state index contributed by atoms with van der Waals surface area (Å²) in [6, 6.07) is 6.24. The summed E-state index contributed by atoms with van der Waals surface area (Å²) in [4.78, 5) is 25.5. The largest absolute Gasteiger partial charge is 0.348 e. The number of nitrogens with zero attached hydrogens (tertiary/aromatic N) is 2. The van der Waals surface area contributed by atoms with Crippen molar-refractivity contribution in [2.45, 2.75) is 19.5 Å². The van der Waals surface area contributed by atoms with E-state index < -0.39 is 35.4 Å². The number of nitriles is 1. The van der Waals surface area contributed by atoms with Gasteiger partial charge in [-0.1, -0.05) is 6.07 Å². The fraction of sp³-hybridized carbons (Fsp3) is 0.211. The van der Waals surface area contributed by atoms with Crippen LogP contribution in [0.4, 0.5) is 23.7 Å². The van der Waals surface area contributed by atoms with E-state index in [0.717, 1.165) is 23.1 Å². The molecule has 0 fully saturated rings. The fourth-order valence-electron chi connectivity index (χ4n) is 2.92. The number of hydrogen-bond acceptors (Lipinski definition) is 3. The molecule has 1 aliphatic rings. The Morgan fingerprint density at radius 1 is 1.25 bits per heavy atom. The van der Waals surface area contributed by atoms with E-state index in [1.165, 1.54) is 12.1 Å². The number of halogens is 3. The standard InChI is InChI=1S/C19H15F3N4O2/c1-10(13-3-2-11(7-23)4-14(13)20)24-18(27)9-26-8-12-5-15(21)16(22)6-17(12)25-19(26)28/h2-6,10H,8-9H2,1H3,(H,24,27)(H,25,28)/t10-/m0/s1. The van der Waals surface area contributed by atoms with E-state index in [2.05, 4.69) is 10.6 Å². The second kappa shape index (κ2) is 7.60. The Balaban J connectivity index is 1.67. The van der Waals surface area contributed by atoms with Crippen LogP contribution in [-0.4, -0.2) is 23.4 Å². The van der Waals surface area contributed by atoms with Gasteiger partial charge >= 0.3 is 6.03 Å². The van der Waals surface area contributed by atoms with Crippen LogP contribution in [0.3, 0.4) is 0 Å². The van der Waals surface area contributed by atoms with E-state index in [0.29, 0.717) is 5.56 Å². The summed E-state index contributed by atoms with van der Waals surface area (Å²) in [6.07, 6.45) is 0. The van der Waals surface area contributed by atoms with E-state index >= 15 is 0 Å². The van der Waals surface area contributed by atoms with Crippen molar-refractivity contribution in [3.63, 3.8) is 0 Å². The predicted molar refractivity (Wildman–Crippen MR) is 93.5 cm³/mol. The van der Waals surface area contributed by atoms with Gasteiger partial charge in [0.2, 0.25) is 5.91 Å². The Morgan fingerprint density at radius 3 is 2.64 bits per heavy atom. The molecule has 2 aromatic carbocycles. The number of rotatable bonds is 4. The summed E-state index contributed by atoms with van der Waals surface area (Å²) in [5.74, 6) is -3.32. The molecule has 144 valence electrons. The van der Waals surface area contributed by atoms with Crippen molar-refractivity contribution in [3.8, 4) is 6.07 Å². The van der Waals surface area contributed by atoms with Crippen molar-refractivity contribution in [1.29, 1.82) is 5.26 Å². The lowest BCUT2D eigenvalue weighted by Crippen LogP contribution is -2.45. The van der Waals surface area contributed by atoms with Gasteiger partial charge in [-0.15, -0.1) is 0 Å². The smallest absolute Gasteiger partial charge is 0.322 e. The minimum absolute atomic E-state index is 0.0780. The molecule has 0 saturated heterocycles. The Hall–Kier alpha value is -3.54. The van der Waals surface area contributed by atoms with Crippen molar-refractivity contribution in [2.75, 3.05) is 11.9 Å². The number of amides is 3. The van der Waals surface area contributed by atoms with Gasteiger partial charge < -0.3 is 15.5 Å². The lowest BCUT2D eigenvalue weighted by Gasteiger charge is -2.29. The van der Waals surface area contributed by atoms with Crippen molar-refractivity contribution in [3.05, 3.63) is 64.5 Å². The number of anilines is 1. The Bertz CT molecular complexity index is 1000. The van der Waals surface area contributed by atoms with Crippen LogP contribution >= 0.6 is 0 Å². The maximum atomic E-state index is 14.1. The second-order valence-electron chi connectivity index (χ2n) is 6.35. The molecular formula is C19H15F3N4O2. The molecule has 2 N–H and O–H groups in total. The first-order valence-corrected chi connectivity index (χ1v) is 8.31. The Morgan fingerprint density at radius 2 is 1.96 bits per heavy atom. The predicted octanol–water partition coefficient (Wildman–Crippen LogP) is 3.20. The van der Waals surface area contributed by atoms with Crippen LogP contribution in [0.2, 0.25) is 0 Å². The number of carbonyl (C=O) groups is 2. The van der Waals surface area contributed by atoms with Crippen LogP contribution < -0.4 is 10.6 Å². The first-order valence-electron chi connectivity index (χ1n) is 8.31. The van der Waals surface area contributed by atoms with Gasteiger partial charge in [-0.2, -0.15) is 5.26 Å². The van der Waals surface area contributed by atoms with Crippen molar-refractivity contribution in [1.82, 2.24) is 10.2 Å². The van der Waals surface area contributed by atoms with Crippen molar-refractivity contribution in [2.24, 2.45) is 0 Å². The van der Waals surface area contributed by atoms with Crippen LogP contribution in [0.25, 0.3) is 0 Å². The molecule has 1 heterocycles. The third kappa shape index (κ3) is 3.91.